The number of likely N-dealkylation sites (tertiary alicyclic amines) is 1. The van der Waals surface area contributed by atoms with Gasteiger partial charge in [-0.3, -0.25) is 4.79 Å². The number of nitrogens with zero attached hydrogens (tertiary/aromatic N) is 1. The molecule has 1 amide bonds. The lowest BCUT2D eigenvalue weighted by molar-refractivity contribution is 0.0639. The van der Waals surface area contributed by atoms with Crippen molar-refractivity contribution in [3.05, 3.63) is 29.8 Å². The fraction of sp³-hybridized carbons (Fsp3) is 0.562. The number of piperidine rings is 1. The second-order valence-electron chi connectivity index (χ2n) is 5.49. The van der Waals surface area contributed by atoms with Crippen LogP contribution >= 0.6 is 11.6 Å². The van der Waals surface area contributed by atoms with E-state index in [1.807, 2.05) is 43.0 Å². The first kappa shape index (κ1) is 15.2. The predicted octanol–water partition coefficient (Wildman–Crippen LogP) is 3.71. The summed E-state index contributed by atoms with van der Waals surface area (Å²) < 4.78 is 5.59. The summed E-state index contributed by atoms with van der Waals surface area (Å²) in [6.45, 7) is 4.77. The molecule has 0 aromatic heterocycles. The predicted molar refractivity (Wildman–Crippen MR) is 81.6 cm³/mol. The molecule has 1 fully saturated rings. The SMILES string of the molecule is CC(C)Oc1ccc(C(=O)N2CCCCC2CCl)cc1. The lowest BCUT2D eigenvalue weighted by atomic mass is 10.0. The number of rotatable bonds is 4. The zero-order chi connectivity index (χ0) is 14.5. The number of hydrogen-bond donors (Lipinski definition) is 0. The average Bonchev–Trinajstić information content (AvgIpc) is 2.46. The molecule has 1 saturated heterocycles. The number of halogens is 1. The van der Waals surface area contributed by atoms with Gasteiger partial charge in [-0.25, -0.2) is 0 Å². The van der Waals surface area contributed by atoms with Crippen molar-refractivity contribution in [2.24, 2.45) is 0 Å². The number of benzene rings is 1. The van der Waals surface area contributed by atoms with E-state index in [2.05, 4.69) is 0 Å². The van der Waals surface area contributed by atoms with Crippen LogP contribution in [0, 0.1) is 0 Å². The molecule has 4 heteroatoms. The molecule has 1 aliphatic rings. The molecule has 1 aromatic rings. The Bertz CT molecular complexity index is 444. The summed E-state index contributed by atoms with van der Waals surface area (Å²) in [7, 11) is 0. The molecule has 0 saturated carbocycles. The van der Waals surface area contributed by atoms with Crippen molar-refractivity contribution < 1.29 is 9.53 Å². The summed E-state index contributed by atoms with van der Waals surface area (Å²) in [6.07, 6.45) is 3.36. The molecule has 0 bridgehead atoms. The molecular formula is C16H22ClNO2. The van der Waals surface area contributed by atoms with Crippen molar-refractivity contribution in [3.63, 3.8) is 0 Å². The van der Waals surface area contributed by atoms with Gasteiger partial charge >= 0.3 is 0 Å². The molecule has 1 aliphatic heterocycles. The number of amides is 1. The lowest BCUT2D eigenvalue weighted by Gasteiger charge is -2.34. The first-order valence-electron chi connectivity index (χ1n) is 7.25. The Balaban J connectivity index is 2.08. The van der Waals surface area contributed by atoms with Gasteiger partial charge in [-0.05, 0) is 57.4 Å². The van der Waals surface area contributed by atoms with E-state index >= 15 is 0 Å². The first-order valence-corrected chi connectivity index (χ1v) is 7.79. The van der Waals surface area contributed by atoms with Gasteiger partial charge in [-0.1, -0.05) is 0 Å². The molecule has 2 rings (SSSR count). The third kappa shape index (κ3) is 3.66. The number of carbonyl (C=O) groups is 1. The van der Waals surface area contributed by atoms with Gasteiger partial charge in [-0.15, -0.1) is 11.6 Å². The van der Waals surface area contributed by atoms with Crippen LogP contribution in [0.5, 0.6) is 5.75 Å². The summed E-state index contributed by atoms with van der Waals surface area (Å²) >= 11 is 5.98. The maximum Gasteiger partial charge on any atom is 0.254 e. The normalized spacial score (nSPS) is 19.2. The number of ether oxygens (including phenoxy) is 1. The summed E-state index contributed by atoms with van der Waals surface area (Å²) in [6, 6.07) is 7.55. The largest absolute Gasteiger partial charge is 0.491 e. The highest BCUT2D eigenvalue weighted by Gasteiger charge is 2.26. The van der Waals surface area contributed by atoms with E-state index in [1.165, 1.54) is 0 Å². The Hall–Kier alpha value is -1.22. The second kappa shape index (κ2) is 6.98. The lowest BCUT2D eigenvalue weighted by Crippen LogP contribution is -2.44. The van der Waals surface area contributed by atoms with E-state index in [4.69, 9.17) is 16.3 Å². The maximum atomic E-state index is 12.5. The minimum Gasteiger partial charge on any atom is -0.491 e. The van der Waals surface area contributed by atoms with Gasteiger partial charge in [0.15, 0.2) is 0 Å². The Kier molecular flexibility index (Phi) is 5.30. The molecule has 20 heavy (non-hydrogen) atoms. The summed E-state index contributed by atoms with van der Waals surface area (Å²) in [5, 5.41) is 0. The fourth-order valence-electron chi connectivity index (χ4n) is 2.54. The van der Waals surface area contributed by atoms with Crippen molar-refractivity contribution in [1.29, 1.82) is 0 Å². The summed E-state index contributed by atoms with van der Waals surface area (Å²) in [5.74, 6) is 1.39. The smallest absolute Gasteiger partial charge is 0.254 e. The van der Waals surface area contributed by atoms with Crippen molar-refractivity contribution in [2.75, 3.05) is 12.4 Å². The minimum atomic E-state index is 0.0754. The van der Waals surface area contributed by atoms with Crippen molar-refractivity contribution >= 4 is 17.5 Å². The third-order valence-corrected chi connectivity index (χ3v) is 3.90. The highest BCUT2D eigenvalue weighted by Crippen LogP contribution is 2.22. The maximum absolute atomic E-state index is 12.5. The van der Waals surface area contributed by atoms with Crippen LogP contribution in [0.15, 0.2) is 24.3 Å². The van der Waals surface area contributed by atoms with Gasteiger partial charge in [-0.2, -0.15) is 0 Å². The standard InChI is InChI=1S/C16H22ClNO2/c1-12(2)20-15-8-6-13(7-9-15)16(19)18-10-4-3-5-14(18)11-17/h6-9,12,14H,3-5,10-11H2,1-2H3. The summed E-state index contributed by atoms with van der Waals surface area (Å²) in [4.78, 5) is 14.4. The second-order valence-corrected chi connectivity index (χ2v) is 5.80. The minimum absolute atomic E-state index is 0.0754. The molecule has 0 spiro atoms. The molecule has 110 valence electrons. The zero-order valence-corrected chi connectivity index (χ0v) is 12.9. The first-order chi connectivity index (χ1) is 9.61. The van der Waals surface area contributed by atoms with E-state index in [0.29, 0.717) is 11.4 Å². The number of carbonyl (C=O) groups excluding carboxylic acids is 1. The molecule has 0 radical (unpaired) electrons. The van der Waals surface area contributed by atoms with Crippen LogP contribution in [0.4, 0.5) is 0 Å². The van der Waals surface area contributed by atoms with Crippen molar-refractivity contribution in [3.8, 4) is 5.75 Å². The number of hydrogen-bond acceptors (Lipinski definition) is 2. The molecule has 3 nitrogen and oxygen atoms in total. The van der Waals surface area contributed by atoms with Gasteiger partial charge in [0.25, 0.3) is 5.91 Å². The third-order valence-electron chi connectivity index (χ3n) is 3.54. The molecule has 1 aromatic carbocycles. The van der Waals surface area contributed by atoms with Crippen LogP contribution in [0.2, 0.25) is 0 Å². The number of alkyl halides is 1. The average molecular weight is 296 g/mol. The van der Waals surface area contributed by atoms with Crippen molar-refractivity contribution in [1.82, 2.24) is 4.90 Å². The van der Waals surface area contributed by atoms with Crippen LogP contribution in [0.25, 0.3) is 0 Å². The highest BCUT2D eigenvalue weighted by atomic mass is 35.5. The topological polar surface area (TPSA) is 29.5 Å². The molecule has 1 atom stereocenters. The van der Waals surface area contributed by atoms with E-state index in [0.717, 1.165) is 31.6 Å². The van der Waals surface area contributed by atoms with Gasteiger partial charge in [0, 0.05) is 24.0 Å². The van der Waals surface area contributed by atoms with Crippen LogP contribution < -0.4 is 4.74 Å². The molecule has 1 unspecified atom stereocenters. The Morgan fingerprint density at radius 1 is 1.35 bits per heavy atom. The highest BCUT2D eigenvalue weighted by molar-refractivity contribution is 6.18. The zero-order valence-electron chi connectivity index (χ0n) is 12.1. The van der Waals surface area contributed by atoms with E-state index in [9.17, 15) is 4.79 Å². The van der Waals surface area contributed by atoms with Gasteiger partial charge in [0.1, 0.15) is 5.75 Å². The van der Waals surface area contributed by atoms with Crippen LogP contribution in [0.1, 0.15) is 43.5 Å². The fourth-order valence-corrected chi connectivity index (χ4v) is 2.86. The van der Waals surface area contributed by atoms with Gasteiger partial charge in [0.2, 0.25) is 0 Å². The Morgan fingerprint density at radius 3 is 2.65 bits per heavy atom. The molecule has 0 N–H and O–H groups in total. The van der Waals surface area contributed by atoms with Crippen LogP contribution in [-0.4, -0.2) is 35.4 Å². The van der Waals surface area contributed by atoms with Gasteiger partial charge in [0.05, 0.1) is 6.10 Å². The molecule has 1 heterocycles. The van der Waals surface area contributed by atoms with E-state index < -0.39 is 0 Å². The van der Waals surface area contributed by atoms with Crippen molar-refractivity contribution in [2.45, 2.75) is 45.3 Å². The van der Waals surface area contributed by atoms with Crippen LogP contribution in [0.3, 0.4) is 0 Å². The summed E-state index contributed by atoms with van der Waals surface area (Å²) in [5.41, 5.74) is 0.707. The van der Waals surface area contributed by atoms with Crippen LogP contribution in [-0.2, 0) is 0 Å². The van der Waals surface area contributed by atoms with E-state index in [-0.39, 0.29) is 18.1 Å². The van der Waals surface area contributed by atoms with E-state index in [1.54, 1.807) is 0 Å². The monoisotopic (exact) mass is 295 g/mol. The quantitative estimate of drug-likeness (QED) is 0.793. The van der Waals surface area contributed by atoms with Gasteiger partial charge < -0.3 is 9.64 Å². The Labute approximate surface area is 125 Å². The molecular weight excluding hydrogens is 274 g/mol. The Morgan fingerprint density at radius 2 is 2.05 bits per heavy atom. The molecule has 0 aliphatic carbocycles.